The summed E-state index contributed by atoms with van der Waals surface area (Å²) in [5.74, 6) is 1.12. The van der Waals surface area contributed by atoms with E-state index in [9.17, 15) is 0 Å². The first-order valence-corrected chi connectivity index (χ1v) is 5.46. The van der Waals surface area contributed by atoms with Crippen LogP contribution >= 0.6 is 0 Å². The first-order chi connectivity index (χ1) is 4.30. The van der Waals surface area contributed by atoms with Crippen LogP contribution in [0.2, 0.25) is 3.17 Å². The van der Waals surface area contributed by atoms with Crippen molar-refractivity contribution in [3.63, 3.8) is 0 Å². The van der Waals surface area contributed by atoms with Crippen molar-refractivity contribution >= 4 is 27.9 Å². The van der Waals surface area contributed by atoms with Crippen molar-refractivity contribution in [2.45, 2.75) is 42.2 Å². The van der Waals surface area contributed by atoms with Crippen molar-refractivity contribution < 1.29 is 0 Å². The van der Waals surface area contributed by atoms with Crippen LogP contribution in [-0.4, -0.2) is 27.9 Å². The molecule has 1 rings (SSSR count). The van der Waals surface area contributed by atoms with Gasteiger partial charge in [0.25, 0.3) is 0 Å². The number of hydrogen-bond acceptors (Lipinski definition) is 0. The molecule has 0 spiro atoms. The van der Waals surface area contributed by atoms with Gasteiger partial charge in [-0.25, -0.2) is 0 Å². The normalized spacial score (nSPS) is 26.1. The zero-order chi connectivity index (χ0) is 6.69. The van der Waals surface area contributed by atoms with Gasteiger partial charge < -0.3 is 0 Å². The SMILES string of the molecule is C[CH]([Na])C1CCCCC1. The van der Waals surface area contributed by atoms with E-state index in [0.29, 0.717) is 0 Å². The molecule has 1 atom stereocenters. The fourth-order valence-electron chi connectivity index (χ4n) is 1.80. The van der Waals surface area contributed by atoms with Crippen LogP contribution in [0.25, 0.3) is 0 Å². The molecule has 1 aliphatic rings. The van der Waals surface area contributed by atoms with Gasteiger partial charge in [-0.3, -0.25) is 0 Å². The van der Waals surface area contributed by atoms with Crippen molar-refractivity contribution in [3.05, 3.63) is 0 Å². The Morgan fingerprint density at radius 3 is 2.11 bits per heavy atom. The second-order valence-electron chi connectivity index (χ2n) is 3.64. The molecule has 1 fully saturated rings. The van der Waals surface area contributed by atoms with E-state index in [1.165, 1.54) is 60.0 Å². The van der Waals surface area contributed by atoms with Gasteiger partial charge in [-0.1, -0.05) is 0 Å². The molecule has 0 amide bonds. The molecule has 0 saturated heterocycles. The van der Waals surface area contributed by atoms with Gasteiger partial charge in [-0.2, -0.15) is 0 Å². The molecule has 0 aromatic heterocycles. The Morgan fingerprint density at radius 2 is 1.78 bits per heavy atom. The molecule has 0 nitrogen and oxygen atoms in total. The van der Waals surface area contributed by atoms with Crippen LogP contribution in [0.3, 0.4) is 0 Å². The van der Waals surface area contributed by atoms with Gasteiger partial charge in [-0.15, -0.1) is 0 Å². The van der Waals surface area contributed by atoms with Crippen LogP contribution in [0, 0.1) is 5.92 Å². The molecule has 48 valence electrons. The molecule has 0 bridgehead atoms. The quantitative estimate of drug-likeness (QED) is 0.483. The van der Waals surface area contributed by atoms with E-state index >= 15 is 0 Å². The maximum absolute atomic E-state index is 2.42. The Labute approximate surface area is 75.8 Å². The molecular formula is C8H15Na. The summed E-state index contributed by atoms with van der Waals surface area (Å²) in [7, 11) is 0. The first-order valence-electron chi connectivity index (χ1n) is 4.30. The second-order valence-corrected chi connectivity index (χ2v) is 5.46. The van der Waals surface area contributed by atoms with E-state index in [2.05, 4.69) is 6.92 Å². The van der Waals surface area contributed by atoms with E-state index < -0.39 is 0 Å². The molecule has 1 unspecified atom stereocenters. The summed E-state index contributed by atoms with van der Waals surface area (Å²) in [6.45, 7) is 2.42. The summed E-state index contributed by atoms with van der Waals surface area (Å²) in [5.41, 5.74) is 0. The molecule has 0 radical (unpaired) electrons. The third kappa shape index (κ3) is 2.61. The summed E-state index contributed by atoms with van der Waals surface area (Å²) in [6.07, 6.45) is 7.59. The predicted molar refractivity (Wildman–Crippen MR) is 41.8 cm³/mol. The average Bonchev–Trinajstić information content (AvgIpc) is 1.90. The van der Waals surface area contributed by atoms with Crippen LogP contribution in [-0.2, 0) is 0 Å². The fraction of sp³-hybridized carbons (Fsp3) is 1.00. The van der Waals surface area contributed by atoms with Crippen LogP contribution in [0.5, 0.6) is 0 Å². The Hall–Kier alpha value is 1.00. The van der Waals surface area contributed by atoms with Gasteiger partial charge in [-0.05, 0) is 0 Å². The molecule has 0 heterocycles. The summed E-state index contributed by atoms with van der Waals surface area (Å²) in [5, 5.41) is 0. The van der Waals surface area contributed by atoms with Crippen molar-refractivity contribution in [1.29, 1.82) is 0 Å². The van der Waals surface area contributed by atoms with E-state index in [0.717, 1.165) is 9.09 Å². The van der Waals surface area contributed by atoms with Crippen molar-refractivity contribution in [2.75, 3.05) is 0 Å². The summed E-state index contributed by atoms with van der Waals surface area (Å²) in [6, 6.07) is 0. The topological polar surface area (TPSA) is 0 Å². The minimum absolute atomic E-state index is 1.07. The molecule has 9 heavy (non-hydrogen) atoms. The molecule has 0 aromatic rings. The fourth-order valence-corrected chi connectivity index (χ4v) is 2.47. The number of hydrogen-bond donors (Lipinski definition) is 0. The summed E-state index contributed by atoms with van der Waals surface area (Å²) in [4.78, 5) is 0. The summed E-state index contributed by atoms with van der Waals surface area (Å²) >= 11 is 1.41. The third-order valence-electron chi connectivity index (χ3n) is 2.59. The van der Waals surface area contributed by atoms with Crippen LogP contribution < -0.4 is 0 Å². The second kappa shape index (κ2) is 4.00. The van der Waals surface area contributed by atoms with Gasteiger partial charge in [0, 0.05) is 0 Å². The van der Waals surface area contributed by atoms with Crippen molar-refractivity contribution in [3.8, 4) is 0 Å². The van der Waals surface area contributed by atoms with Gasteiger partial charge in [0.15, 0.2) is 0 Å². The van der Waals surface area contributed by atoms with Gasteiger partial charge in [0.05, 0.1) is 0 Å². The first kappa shape index (κ1) is 8.10. The van der Waals surface area contributed by atoms with Gasteiger partial charge in [0.1, 0.15) is 0 Å². The third-order valence-corrected chi connectivity index (χ3v) is 3.54. The zero-order valence-electron chi connectivity index (χ0n) is 6.69. The van der Waals surface area contributed by atoms with Gasteiger partial charge >= 0.3 is 76.0 Å². The van der Waals surface area contributed by atoms with E-state index in [1.807, 2.05) is 0 Å². The van der Waals surface area contributed by atoms with Crippen LogP contribution in [0.15, 0.2) is 0 Å². The number of rotatable bonds is 1. The molecule has 0 aromatic carbocycles. The molecular weight excluding hydrogens is 119 g/mol. The van der Waals surface area contributed by atoms with Crippen molar-refractivity contribution in [2.24, 2.45) is 5.92 Å². The Kier molecular flexibility index (Phi) is 3.60. The average molecular weight is 134 g/mol. The minimum atomic E-state index is 1.07. The Balaban J connectivity index is 2.23. The molecule has 0 aliphatic heterocycles. The maximum atomic E-state index is 2.42. The predicted octanol–water partition coefficient (Wildman–Crippen LogP) is 2.54. The van der Waals surface area contributed by atoms with Gasteiger partial charge in [0.2, 0.25) is 0 Å². The monoisotopic (exact) mass is 134 g/mol. The van der Waals surface area contributed by atoms with E-state index in [4.69, 9.17) is 0 Å². The van der Waals surface area contributed by atoms with E-state index in [-0.39, 0.29) is 0 Å². The standard InChI is InChI=1S/C8H15.Na/c1-2-8-6-4-3-5-7-8;/h2,8H,3-7H2,1H3;. The molecule has 1 heteroatoms. The van der Waals surface area contributed by atoms with Crippen molar-refractivity contribution in [1.82, 2.24) is 0 Å². The van der Waals surface area contributed by atoms with Crippen LogP contribution in [0.4, 0.5) is 0 Å². The Morgan fingerprint density at radius 1 is 1.22 bits per heavy atom. The summed E-state index contributed by atoms with van der Waals surface area (Å²) < 4.78 is 1.07. The Bertz CT molecular complexity index is 72.6. The zero-order valence-corrected chi connectivity index (χ0v) is 8.69. The van der Waals surface area contributed by atoms with Crippen LogP contribution in [0.1, 0.15) is 39.0 Å². The molecule has 1 aliphatic carbocycles. The molecule has 0 N–H and O–H groups in total. The molecule has 1 saturated carbocycles. The van der Waals surface area contributed by atoms with E-state index in [1.54, 1.807) is 0 Å².